The smallest absolute Gasteiger partial charge is 0.230 e. The van der Waals surface area contributed by atoms with Crippen molar-refractivity contribution in [1.82, 2.24) is 10.1 Å². The number of hydrogen-bond donors (Lipinski definition) is 1. The minimum Gasteiger partial charge on any atom is -0.339 e. The summed E-state index contributed by atoms with van der Waals surface area (Å²) < 4.78 is 32.8. The highest BCUT2D eigenvalue weighted by molar-refractivity contribution is 5.33. The summed E-state index contributed by atoms with van der Waals surface area (Å²) in [5.74, 6) is -0.415. The molecule has 2 saturated carbocycles. The zero-order chi connectivity index (χ0) is 14.6. The molecule has 2 fully saturated rings. The van der Waals surface area contributed by atoms with Crippen molar-refractivity contribution >= 4 is 0 Å². The Balaban J connectivity index is 1.57. The number of aromatic nitrogens is 2. The van der Waals surface area contributed by atoms with E-state index in [1.54, 1.807) is 0 Å². The maximum atomic E-state index is 13.8. The first kappa shape index (κ1) is 12.9. The van der Waals surface area contributed by atoms with Gasteiger partial charge in [0, 0.05) is 17.4 Å². The van der Waals surface area contributed by atoms with Crippen LogP contribution >= 0.6 is 0 Å². The summed E-state index contributed by atoms with van der Waals surface area (Å²) in [5.41, 5.74) is 5.79. The summed E-state index contributed by atoms with van der Waals surface area (Å²) in [5, 5.41) is 3.95. The molecule has 4 nitrogen and oxygen atoms in total. The molecular weight excluding hydrogens is 276 g/mol. The highest BCUT2D eigenvalue weighted by Gasteiger charge is 2.48. The van der Waals surface area contributed by atoms with E-state index in [1.807, 2.05) is 0 Å². The summed E-state index contributed by atoms with van der Waals surface area (Å²) in [6, 6.07) is 3.91. The van der Waals surface area contributed by atoms with Crippen LogP contribution in [0.15, 0.2) is 22.7 Å². The summed E-state index contributed by atoms with van der Waals surface area (Å²) in [4.78, 5) is 4.35. The molecule has 2 unspecified atom stereocenters. The van der Waals surface area contributed by atoms with Gasteiger partial charge in [-0.05, 0) is 37.8 Å². The standard InChI is InChI=1S/C15H15F2N3O/c16-10-3-1-4-11(17)12(10)8-7-9(8)13-19-14(20-21-13)15(18)5-2-6-15/h1,3-4,8-9H,2,5-7,18H2. The number of rotatable bonds is 3. The first-order chi connectivity index (χ1) is 10.1. The first-order valence-corrected chi connectivity index (χ1v) is 7.15. The fourth-order valence-corrected chi connectivity index (χ4v) is 3.02. The van der Waals surface area contributed by atoms with Crippen molar-refractivity contribution in [2.24, 2.45) is 5.73 Å². The molecule has 0 spiro atoms. The van der Waals surface area contributed by atoms with Crippen molar-refractivity contribution < 1.29 is 13.3 Å². The van der Waals surface area contributed by atoms with E-state index in [4.69, 9.17) is 10.3 Å². The summed E-state index contributed by atoms with van der Waals surface area (Å²) in [6.45, 7) is 0. The lowest BCUT2D eigenvalue weighted by atomic mass is 9.77. The molecule has 110 valence electrons. The monoisotopic (exact) mass is 291 g/mol. The van der Waals surface area contributed by atoms with Crippen molar-refractivity contribution in [3.63, 3.8) is 0 Å². The van der Waals surface area contributed by atoms with E-state index >= 15 is 0 Å². The second-order valence-electron chi connectivity index (χ2n) is 6.05. The Labute approximate surface area is 120 Å². The fourth-order valence-electron chi connectivity index (χ4n) is 3.02. The average Bonchev–Trinajstić information content (AvgIpc) is 3.03. The van der Waals surface area contributed by atoms with Gasteiger partial charge in [0.05, 0.1) is 5.54 Å². The third-order valence-corrected chi connectivity index (χ3v) is 4.61. The van der Waals surface area contributed by atoms with Gasteiger partial charge in [-0.15, -0.1) is 0 Å². The Hall–Kier alpha value is -1.82. The van der Waals surface area contributed by atoms with Crippen LogP contribution in [-0.4, -0.2) is 10.1 Å². The van der Waals surface area contributed by atoms with E-state index in [-0.39, 0.29) is 17.4 Å². The van der Waals surface area contributed by atoms with Crippen LogP contribution < -0.4 is 5.73 Å². The predicted octanol–water partition coefficient (Wildman–Crippen LogP) is 2.96. The van der Waals surface area contributed by atoms with E-state index in [9.17, 15) is 8.78 Å². The second-order valence-corrected chi connectivity index (χ2v) is 6.05. The molecule has 2 N–H and O–H groups in total. The van der Waals surface area contributed by atoms with Gasteiger partial charge in [-0.25, -0.2) is 8.78 Å². The first-order valence-electron chi connectivity index (χ1n) is 7.15. The third kappa shape index (κ3) is 1.97. The van der Waals surface area contributed by atoms with Gasteiger partial charge in [-0.2, -0.15) is 4.98 Å². The fraction of sp³-hybridized carbons (Fsp3) is 0.467. The van der Waals surface area contributed by atoms with Gasteiger partial charge in [-0.1, -0.05) is 11.2 Å². The van der Waals surface area contributed by atoms with Crippen LogP contribution in [0, 0.1) is 11.6 Å². The Morgan fingerprint density at radius 3 is 2.52 bits per heavy atom. The third-order valence-electron chi connectivity index (χ3n) is 4.61. The van der Waals surface area contributed by atoms with Crippen LogP contribution in [0.25, 0.3) is 0 Å². The SMILES string of the molecule is NC1(c2noc(C3CC3c3c(F)cccc3F)n2)CCC1. The number of nitrogens with zero attached hydrogens (tertiary/aromatic N) is 2. The Morgan fingerprint density at radius 1 is 1.19 bits per heavy atom. The summed E-state index contributed by atoms with van der Waals surface area (Å²) in [7, 11) is 0. The highest BCUT2D eigenvalue weighted by atomic mass is 19.1. The van der Waals surface area contributed by atoms with Crippen molar-refractivity contribution in [3.05, 3.63) is 47.1 Å². The van der Waals surface area contributed by atoms with Gasteiger partial charge in [0.2, 0.25) is 5.89 Å². The molecule has 6 heteroatoms. The van der Waals surface area contributed by atoms with Crippen LogP contribution in [0.5, 0.6) is 0 Å². The Bertz CT molecular complexity index is 676. The van der Waals surface area contributed by atoms with Crippen molar-refractivity contribution in [2.45, 2.75) is 43.1 Å². The lowest BCUT2D eigenvalue weighted by Crippen LogP contribution is -2.44. The lowest BCUT2D eigenvalue weighted by molar-refractivity contribution is 0.229. The number of nitrogens with two attached hydrogens (primary N) is 1. The molecule has 1 aromatic heterocycles. The molecule has 1 heterocycles. The van der Waals surface area contributed by atoms with E-state index in [0.717, 1.165) is 19.3 Å². The van der Waals surface area contributed by atoms with E-state index in [0.29, 0.717) is 18.1 Å². The van der Waals surface area contributed by atoms with Crippen LogP contribution in [-0.2, 0) is 5.54 Å². The minimum absolute atomic E-state index is 0.110. The zero-order valence-corrected chi connectivity index (χ0v) is 11.4. The molecule has 1 aromatic carbocycles. The quantitative estimate of drug-likeness (QED) is 0.944. The minimum atomic E-state index is -0.517. The summed E-state index contributed by atoms with van der Waals surface area (Å²) >= 11 is 0. The number of hydrogen-bond acceptors (Lipinski definition) is 4. The largest absolute Gasteiger partial charge is 0.339 e. The van der Waals surface area contributed by atoms with Crippen LogP contribution in [0.2, 0.25) is 0 Å². The molecule has 2 atom stereocenters. The van der Waals surface area contributed by atoms with Crippen molar-refractivity contribution in [2.75, 3.05) is 0 Å². The van der Waals surface area contributed by atoms with E-state index in [2.05, 4.69) is 10.1 Å². The normalized spacial score (nSPS) is 26.4. The van der Waals surface area contributed by atoms with Gasteiger partial charge < -0.3 is 10.3 Å². The molecule has 0 amide bonds. The Kier molecular flexibility index (Phi) is 2.66. The molecule has 2 aliphatic carbocycles. The van der Waals surface area contributed by atoms with E-state index < -0.39 is 17.2 Å². The molecule has 2 aliphatic rings. The molecule has 0 saturated heterocycles. The van der Waals surface area contributed by atoms with Crippen LogP contribution in [0.1, 0.15) is 54.8 Å². The van der Waals surface area contributed by atoms with Gasteiger partial charge in [0.1, 0.15) is 11.6 Å². The number of halogens is 2. The summed E-state index contributed by atoms with van der Waals surface area (Å²) in [6.07, 6.45) is 3.38. The van der Waals surface area contributed by atoms with Crippen molar-refractivity contribution in [1.29, 1.82) is 0 Å². The van der Waals surface area contributed by atoms with Crippen molar-refractivity contribution in [3.8, 4) is 0 Å². The van der Waals surface area contributed by atoms with Gasteiger partial charge in [-0.3, -0.25) is 0 Å². The molecule has 0 bridgehead atoms. The highest BCUT2D eigenvalue weighted by Crippen LogP contribution is 2.55. The maximum absolute atomic E-state index is 13.8. The van der Waals surface area contributed by atoms with Crippen LogP contribution in [0.3, 0.4) is 0 Å². The van der Waals surface area contributed by atoms with Gasteiger partial charge >= 0.3 is 0 Å². The Morgan fingerprint density at radius 2 is 1.90 bits per heavy atom. The second kappa shape index (κ2) is 4.34. The van der Waals surface area contributed by atoms with Crippen LogP contribution in [0.4, 0.5) is 8.78 Å². The lowest BCUT2D eigenvalue weighted by Gasteiger charge is -2.34. The molecule has 4 rings (SSSR count). The van der Waals surface area contributed by atoms with Gasteiger partial charge in [0.15, 0.2) is 5.82 Å². The topological polar surface area (TPSA) is 64.9 Å². The predicted molar refractivity (Wildman–Crippen MR) is 70.5 cm³/mol. The molecule has 0 radical (unpaired) electrons. The molecular formula is C15H15F2N3O. The van der Waals surface area contributed by atoms with Gasteiger partial charge in [0.25, 0.3) is 0 Å². The number of benzene rings is 1. The van der Waals surface area contributed by atoms with E-state index in [1.165, 1.54) is 18.2 Å². The average molecular weight is 291 g/mol. The maximum Gasteiger partial charge on any atom is 0.230 e. The molecule has 21 heavy (non-hydrogen) atoms. The molecule has 0 aliphatic heterocycles. The zero-order valence-electron chi connectivity index (χ0n) is 11.4. The molecule has 2 aromatic rings.